The molecule has 2 saturated heterocycles. The number of benzene rings is 1. The lowest BCUT2D eigenvalue weighted by Crippen LogP contribution is -2.56. The molecule has 5 heteroatoms. The Morgan fingerprint density at radius 1 is 1.10 bits per heavy atom. The molecule has 0 radical (unpaired) electrons. The lowest BCUT2D eigenvalue weighted by atomic mass is 9.74. The van der Waals surface area contributed by atoms with Crippen molar-refractivity contribution in [2.24, 2.45) is 0 Å². The fourth-order valence-corrected chi connectivity index (χ4v) is 3.63. The second-order valence-electron chi connectivity index (χ2n) is 6.14. The first-order valence-electron chi connectivity index (χ1n) is 7.08. The van der Waals surface area contributed by atoms with Crippen LogP contribution in [0.2, 0.25) is 0 Å². The molecule has 0 amide bonds. The molecule has 2 fully saturated rings. The van der Waals surface area contributed by atoms with Crippen LogP contribution in [0.5, 0.6) is 0 Å². The highest BCUT2D eigenvalue weighted by molar-refractivity contribution is 5.23. The van der Waals surface area contributed by atoms with E-state index >= 15 is 0 Å². The number of nitrogens with one attached hydrogen (secondary N) is 1. The van der Waals surface area contributed by atoms with Gasteiger partial charge in [0, 0.05) is 18.5 Å². The van der Waals surface area contributed by atoms with E-state index in [2.05, 4.69) is 5.32 Å². The minimum atomic E-state index is -1.46. The predicted molar refractivity (Wildman–Crippen MR) is 68.8 cm³/mol. The van der Waals surface area contributed by atoms with Gasteiger partial charge in [-0.25, -0.2) is 13.2 Å². The molecule has 0 spiro atoms. The molecule has 0 saturated carbocycles. The number of rotatable bonds is 2. The van der Waals surface area contributed by atoms with Crippen LogP contribution in [0.15, 0.2) is 12.1 Å². The number of aliphatic hydroxyl groups is 1. The van der Waals surface area contributed by atoms with Crippen LogP contribution < -0.4 is 5.32 Å². The average molecular weight is 285 g/mol. The summed E-state index contributed by atoms with van der Waals surface area (Å²) in [5.74, 6) is -3.83. The molecule has 3 rings (SSSR count). The van der Waals surface area contributed by atoms with Gasteiger partial charge in [0.15, 0.2) is 17.5 Å². The van der Waals surface area contributed by atoms with Crippen molar-refractivity contribution < 1.29 is 18.3 Å². The maximum Gasteiger partial charge on any atom is 0.194 e. The van der Waals surface area contributed by atoms with Gasteiger partial charge < -0.3 is 10.4 Å². The third kappa shape index (κ3) is 2.56. The van der Waals surface area contributed by atoms with Crippen molar-refractivity contribution in [2.45, 2.75) is 56.2 Å². The molecule has 2 aliphatic rings. The summed E-state index contributed by atoms with van der Waals surface area (Å²) in [5.41, 5.74) is -0.988. The zero-order chi connectivity index (χ0) is 14.3. The quantitative estimate of drug-likeness (QED) is 0.819. The average Bonchev–Trinajstić information content (AvgIpc) is 2.39. The molecule has 1 aromatic rings. The van der Waals surface area contributed by atoms with Crippen LogP contribution in [0.3, 0.4) is 0 Å². The number of halogens is 3. The summed E-state index contributed by atoms with van der Waals surface area (Å²) in [6, 6.07) is 2.62. The molecule has 1 aromatic carbocycles. The normalized spacial score (nSPS) is 33.2. The second kappa shape index (κ2) is 5.04. The number of fused-ring (bicyclic) bond motifs is 2. The van der Waals surface area contributed by atoms with Crippen molar-refractivity contribution in [2.75, 3.05) is 0 Å². The van der Waals surface area contributed by atoms with Crippen LogP contribution in [-0.4, -0.2) is 22.8 Å². The smallest absolute Gasteiger partial charge is 0.194 e. The van der Waals surface area contributed by atoms with E-state index in [0.717, 1.165) is 25.3 Å². The molecule has 2 N–H and O–H groups in total. The van der Waals surface area contributed by atoms with E-state index in [1.165, 1.54) is 6.07 Å². The summed E-state index contributed by atoms with van der Waals surface area (Å²) in [6.07, 6.45) is 4.23. The standard InChI is InChI=1S/C15H18F3NO/c16-12-5-4-9(13(17)14(12)18)6-15(20)7-10-2-1-3-11(8-15)19-10/h4-5,10-11,19-20H,1-3,6-8H2. The number of piperidine rings is 2. The van der Waals surface area contributed by atoms with Gasteiger partial charge in [-0.15, -0.1) is 0 Å². The van der Waals surface area contributed by atoms with Crippen molar-refractivity contribution in [1.82, 2.24) is 5.32 Å². The largest absolute Gasteiger partial charge is 0.389 e. The maximum absolute atomic E-state index is 13.7. The van der Waals surface area contributed by atoms with Gasteiger partial charge in [-0.05, 0) is 37.3 Å². The van der Waals surface area contributed by atoms with E-state index in [1.54, 1.807) is 0 Å². The molecule has 2 nitrogen and oxygen atoms in total. The Bertz CT molecular complexity index is 508. The van der Waals surface area contributed by atoms with E-state index in [1.807, 2.05) is 0 Å². The van der Waals surface area contributed by atoms with Crippen molar-refractivity contribution in [3.05, 3.63) is 35.1 Å². The summed E-state index contributed by atoms with van der Waals surface area (Å²) in [5, 5.41) is 14.1. The van der Waals surface area contributed by atoms with Crippen molar-refractivity contribution in [3.8, 4) is 0 Å². The Kier molecular flexibility index (Phi) is 3.50. The summed E-state index contributed by atoms with van der Waals surface area (Å²) >= 11 is 0. The molecule has 110 valence electrons. The fourth-order valence-electron chi connectivity index (χ4n) is 3.63. The zero-order valence-electron chi connectivity index (χ0n) is 11.1. The third-order valence-corrected chi connectivity index (χ3v) is 4.46. The van der Waals surface area contributed by atoms with E-state index < -0.39 is 23.1 Å². The highest BCUT2D eigenvalue weighted by Gasteiger charge is 2.41. The maximum atomic E-state index is 13.7. The molecule has 2 aliphatic heterocycles. The Balaban J connectivity index is 1.81. The molecule has 0 aromatic heterocycles. The van der Waals surface area contributed by atoms with Crippen LogP contribution in [0.1, 0.15) is 37.7 Å². The lowest BCUT2D eigenvalue weighted by Gasteiger charge is -2.45. The van der Waals surface area contributed by atoms with Gasteiger partial charge in [-0.2, -0.15) is 0 Å². The van der Waals surface area contributed by atoms with Crippen LogP contribution in [0.4, 0.5) is 13.2 Å². The van der Waals surface area contributed by atoms with E-state index in [-0.39, 0.29) is 24.1 Å². The lowest BCUT2D eigenvalue weighted by molar-refractivity contribution is -0.0309. The first kappa shape index (κ1) is 13.9. The first-order valence-corrected chi connectivity index (χ1v) is 7.08. The Labute approximate surface area is 116 Å². The molecule has 2 heterocycles. The summed E-state index contributed by atoms with van der Waals surface area (Å²) in [7, 11) is 0. The summed E-state index contributed by atoms with van der Waals surface area (Å²) in [6.45, 7) is 0. The predicted octanol–water partition coefficient (Wildman–Crippen LogP) is 2.68. The molecule has 2 atom stereocenters. The number of hydrogen-bond donors (Lipinski definition) is 2. The molecular weight excluding hydrogens is 267 g/mol. The zero-order valence-corrected chi connectivity index (χ0v) is 11.1. The highest BCUT2D eigenvalue weighted by atomic mass is 19.2. The highest BCUT2D eigenvalue weighted by Crippen LogP contribution is 2.35. The van der Waals surface area contributed by atoms with Crippen molar-refractivity contribution in [1.29, 1.82) is 0 Å². The summed E-state index contributed by atoms with van der Waals surface area (Å²) in [4.78, 5) is 0. The van der Waals surface area contributed by atoms with Crippen LogP contribution in [0, 0.1) is 17.5 Å². The third-order valence-electron chi connectivity index (χ3n) is 4.46. The SMILES string of the molecule is OC1(Cc2ccc(F)c(F)c2F)CC2CCCC(C1)N2. The Morgan fingerprint density at radius 2 is 1.75 bits per heavy atom. The number of hydrogen-bond acceptors (Lipinski definition) is 2. The van der Waals surface area contributed by atoms with Crippen molar-refractivity contribution >= 4 is 0 Å². The van der Waals surface area contributed by atoms with E-state index in [9.17, 15) is 18.3 Å². The molecular formula is C15H18F3NO. The topological polar surface area (TPSA) is 32.3 Å². The van der Waals surface area contributed by atoms with Gasteiger partial charge in [-0.3, -0.25) is 0 Å². The van der Waals surface area contributed by atoms with Gasteiger partial charge >= 0.3 is 0 Å². The second-order valence-corrected chi connectivity index (χ2v) is 6.14. The first-order chi connectivity index (χ1) is 9.47. The van der Waals surface area contributed by atoms with Gasteiger partial charge in [-0.1, -0.05) is 12.5 Å². The van der Waals surface area contributed by atoms with E-state index in [0.29, 0.717) is 12.8 Å². The van der Waals surface area contributed by atoms with Gasteiger partial charge in [0.25, 0.3) is 0 Å². The molecule has 2 bridgehead atoms. The monoisotopic (exact) mass is 285 g/mol. The Hall–Kier alpha value is -1.07. The van der Waals surface area contributed by atoms with Crippen LogP contribution in [0.25, 0.3) is 0 Å². The fraction of sp³-hybridized carbons (Fsp3) is 0.600. The molecule has 2 unspecified atom stereocenters. The molecule has 20 heavy (non-hydrogen) atoms. The van der Waals surface area contributed by atoms with E-state index in [4.69, 9.17) is 0 Å². The Morgan fingerprint density at radius 3 is 2.40 bits per heavy atom. The van der Waals surface area contributed by atoms with Crippen molar-refractivity contribution in [3.63, 3.8) is 0 Å². The van der Waals surface area contributed by atoms with Gasteiger partial charge in [0.2, 0.25) is 0 Å². The minimum absolute atomic E-state index is 0.0325. The van der Waals surface area contributed by atoms with Crippen LogP contribution >= 0.6 is 0 Å². The molecule has 0 aliphatic carbocycles. The van der Waals surface area contributed by atoms with Gasteiger partial charge in [0.1, 0.15) is 0 Å². The van der Waals surface area contributed by atoms with Crippen LogP contribution in [-0.2, 0) is 6.42 Å². The van der Waals surface area contributed by atoms with Gasteiger partial charge in [0.05, 0.1) is 5.60 Å². The minimum Gasteiger partial charge on any atom is -0.389 e. The summed E-state index contributed by atoms with van der Waals surface area (Å²) < 4.78 is 39.9.